The van der Waals surface area contributed by atoms with Crippen LogP contribution in [-0.4, -0.2) is 43.9 Å². The van der Waals surface area contributed by atoms with Crippen molar-refractivity contribution in [2.24, 2.45) is 0 Å². The summed E-state index contributed by atoms with van der Waals surface area (Å²) < 4.78 is 16.6. The predicted octanol–water partition coefficient (Wildman–Crippen LogP) is 5.13. The van der Waals surface area contributed by atoms with Crippen molar-refractivity contribution in [3.8, 4) is 17.4 Å². The average Bonchev–Trinajstić information content (AvgIpc) is 2.69. The van der Waals surface area contributed by atoms with Crippen molar-refractivity contribution in [1.82, 2.24) is 4.98 Å². The molecule has 0 unspecified atom stereocenters. The Morgan fingerprint density at radius 1 is 1.14 bits per heavy atom. The first-order valence-corrected chi connectivity index (χ1v) is 10.9. The van der Waals surface area contributed by atoms with E-state index in [1.165, 1.54) is 7.11 Å². The van der Waals surface area contributed by atoms with Crippen molar-refractivity contribution in [1.29, 1.82) is 0 Å². The van der Waals surface area contributed by atoms with E-state index in [0.717, 1.165) is 47.1 Å². The highest BCUT2D eigenvalue weighted by Gasteiger charge is 2.25. The van der Waals surface area contributed by atoms with Gasteiger partial charge in [-0.05, 0) is 62.8 Å². The fraction of sp³-hybridized carbons (Fsp3) is 0.455. The molecule has 158 valence electrons. The number of benzene rings is 1. The molecule has 0 radical (unpaired) electrons. The maximum absolute atomic E-state index is 12.7. The SMILES string of the molecule is CCCN(CSC)c1cc(C)nc(Oc2c(C)cc(OC)cc2C)c1C(=O)OC. The first kappa shape index (κ1) is 22.9. The van der Waals surface area contributed by atoms with E-state index in [-0.39, 0.29) is 5.88 Å². The zero-order valence-electron chi connectivity index (χ0n) is 18.3. The molecule has 2 rings (SSSR count). The summed E-state index contributed by atoms with van der Waals surface area (Å²) in [5.41, 5.74) is 3.69. The number of esters is 1. The Bertz CT molecular complexity index is 841. The molecule has 0 amide bonds. The van der Waals surface area contributed by atoms with E-state index in [0.29, 0.717) is 11.3 Å². The van der Waals surface area contributed by atoms with Gasteiger partial charge in [-0.15, -0.1) is 11.8 Å². The highest BCUT2D eigenvalue weighted by Crippen LogP contribution is 2.37. The summed E-state index contributed by atoms with van der Waals surface area (Å²) in [6.45, 7) is 8.70. The fourth-order valence-electron chi connectivity index (χ4n) is 3.21. The lowest BCUT2D eigenvalue weighted by molar-refractivity contribution is 0.0597. The van der Waals surface area contributed by atoms with Crippen LogP contribution in [0.2, 0.25) is 0 Å². The summed E-state index contributed by atoms with van der Waals surface area (Å²) >= 11 is 1.70. The Morgan fingerprint density at radius 2 is 1.79 bits per heavy atom. The highest BCUT2D eigenvalue weighted by atomic mass is 32.2. The van der Waals surface area contributed by atoms with Gasteiger partial charge in [-0.3, -0.25) is 0 Å². The smallest absolute Gasteiger partial charge is 0.345 e. The molecule has 6 nitrogen and oxygen atoms in total. The van der Waals surface area contributed by atoms with Crippen LogP contribution in [0, 0.1) is 20.8 Å². The molecule has 29 heavy (non-hydrogen) atoms. The van der Waals surface area contributed by atoms with Crippen molar-refractivity contribution in [3.63, 3.8) is 0 Å². The molecule has 0 N–H and O–H groups in total. The summed E-state index contributed by atoms with van der Waals surface area (Å²) in [6, 6.07) is 5.71. The van der Waals surface area contributed by atoms with Crippen molar-refractivity contribution in [3.05, 3.63) is 40.6 Å². The zero-order valence-corrected chi connectivity index (χ0v) is 19.1. The molecule has 0 atom stereocenters. The average molecular weight is 419 g/mol. The van der Waals surface area contributed by atoms with E-state index >= 15 is 0 Å². The molecule has 0 spiro atoms. The van der Waals surface area contributed by atoms with Gasteiger partial charge in [0, 0.05) is 12.2 Å². The molecule has 0 aliphatic carbocycles. The van der Waals surface area contributed by atoms with Gasteiger partial charge in [0.15, 0.2) is 0 Å². The molecule has 0 aliphatic rings. The third-order valence-electron chi connectivity index (χ3n) is 4.47. The lowest BCUT2D eigenvalue weighted by Gasteiger charge is -2.26. The number of hydrogen-bond donors (Lipinski definition) is 0. The van der Waals surface area contributed by atoms with Gasteiger partial charge >= 0.3 is 5.97 Å². The van der Waals surface area contributed by atoms with Crippen molar-refractivity contribution in [2.75, 3.05) is 37.8 Å². The quantitative estimate of drug-likeness (QED) is 0.413. The number of rotatable bonds is 9. The van der Waals surface area contributed by atoms with Gasteiger partial charge < -0.3 is 19.1 Å². The molecule has 0 saturated carbocycles. The van der Waals surface area contributed by atoms with Crippen LogP contribution >= 0.6 is 11.8 Å². The van der Waals surface area contributed by atoms with Crippen molar-refractivity contribution in [2.45, 2.75) is 34.1 Å². The molecule has 0 saturated heterocycles. The number of pyridine rings is 1. The number of thioether (sulfide) groups is 1. The summed E-state index contributed by atoms with van der Waals surface area (Å²) in [5.74, 6) is 1.96. The number of anilines is 1. The van der Waals surface area contributed by atoms with Gasteiger partial charge in [-0.1, -0.05) is 6.92 Å². The van der Waals surface area contributed by atoms with E-state index in [1.807, 2.05) is 45.2 Å². The maximum Gasteiger partial charge on any atom is 0.345 e. The number of hydrogen-bond acceptors (Lipinski definition) is 7. The topological polar surface area (TPSA) is 60.9 Å². The van der Waals surface area contributed by atoms with Crippen LogP contribution in [-0.2, 0) is 4.74 Å². The number of carbonyl (C=O) groups is 1. The van der Waals surface area contributed by atoms with Crippen LogP contribution in [0.25, 0.3) is 0 Å². The first-order valence-electron chi connectivity index (χ1n) is 9.53. The summed E-state index contributed by atoms with van der Waals surface area (Å²) in [7, 11) is 3.00. The Balaban J connectivity index is 2.64. The predicted molar refractivity (Wildman–Crippen MR) is 119 cm³/mol. The van der Waals surface area contributed by atoms with Gasteiger partial charge in [0.1, 0.15) is 17.1 Å². The Kier molecular flexibility index (Phi) is 8.20. The van der Waals surface area contributed by atoms with Crippen LogP contribution < -0.4 is 14.4 Å². The second kappa shape index (κ2) is 10.4. The molecule has 0 aliphatic heterocycles. The molecule has 1 heterocycles. The van der Waals surface area contributed by atoms with Gasteiger partial charge in [0.25, 0.3) is 0 Å². The van der Waals surface area contributed by atoms with Crippen LogP contribution in [0.5, 0.6) is 17.4 Å². The summed E-state index contributed by atoms with van der Waals surface area (Å²) in [6.07, 6.45) is 2.99. The molecular weight excluding hydrogens is 388 g/mol. The number of methoxy groups -OCH3 is 2. The van der Waals surface area contributed by atoms with Crippen molar-refractivity contribution >= 4 is 23.4 Å². The molecule has 1 aromatic heterocycles. The van der Waals surface area contributed by atoms with Gasteiger partial charge in [-0.25, -0.2) is 9.78 Å². The molecule has 1 aromatic carbocycles. The molecule has 2 aromatic rings. The Hall–Kier alpha value is -2.41. The van der Waals surface area contributed by atoms with E-state index in [1.54, 1.807) is 18.9 Å². The highest BCUT2D eigenvalue weighted by molar-refractivity contribution is 7.98. The van der Waals surface area contributed by atoms with Crippen molar-refractivity contribution < 1.29 is 19.0 Å². The summed E-state index contributed by atoms with van der Waals surface area (Å²) in [5, 5.41) is 0. The fourth-order valence-corrected chi connectivity index (χ4v) is 3.79. The van der Waals surface area contributed by atoms with E-state index in [4.69, 9.17) is 14.2 Å². The second-order valence-corrected chi connectivity index (χ2v) is 7.66. The minimum absolute atomic E-state index is 0.255. The van der Waals surface area contributed by atoms with E-state index in [2.05, 4.69) is 16.8 Å². The standard InChI is InChI=1S/C22H30N2O4S/c1-8-9-24(13-29-7)18-12-16(4)23-21(19(18)22(25)27-6)28-20-14(2)10-17(26-5)11-15(20)3/h10-12H,8-9,13H2,1-7H3. The number of nitrogens with zero attached hydrogens (tertiary/aromatic N) is 2. The van der Waals surface area contributed by atoms with Crippen LogP contribution in [0.15, 0.2) is 18.2 Å². The van der Waals surface area contributed by atoms with Gasteiger partial charge in [0.05, 0.1) is 25.8 Å². The zero-order chi connectivity index (χ0) is 21.6. The first-order chi connectivity index (χ1) is 13.9. The molecule has 0 fully saturated rings. The van der Waals surface area contributed by atoms with Gasteiger partial charge in [-0.2, -0.15) is 0 Å². The Morgan fingerprint density at radius 3 is 2.31 bits per heavy atom. The lowest BCUT2D eigenvalue weighted by atomic mass is 10.1. The maximum atomic E-state index is 12.7. The van der Waals surface area contributed by atoms with E-state index < -0.39 is 5.97 Å². The summed E-state index contributed by atoms with van der Waals surface area (Å²) in [4.78, 5) is 19.4. The molecular formula is C22H30N2O4S. The normalized spacial score (nSPS) is 10.6. The Labute approximate surface area is 177 Å². The number of aromatic nitrogens is 1. The lowest BCUT2D eigenvalue weighted by Crippen LogP contribution is -2.26. The molecule has 7 heteroatoms. The van der Waals surface area contributed by atoms with Crippen LogP contribution in [0.1, 0.15) is 40.5 Å². The number of carbonyl (C=O) groups excluding carboxylic acids is 1. The van der Waals surface area contributed by atoms with Gasteiger partial charge in [0.2, 0.25) is 5.88 Å². The van der Waals surface area contributed by atoms with Crippen LogP contribution in [0.4, 0.5) is 5.69 Å². The van der Waals surface area contributed by atoms with Crippen LogP contribution in [0.3, 0.4) is 0 Å². The largest absolute Gasteiger partial charge is 0.497 e. The minimum Gasteiger partial charge on any atom is -0.497 e. The minimum atomic E-state index is -0.464. The van der Waals surface area contributed by atoms with E-state index in [9.17, 15) is 4.79 Å². The third kappa shape index (κ3) is 5.35. The number of aryl methyl sites for hydroxylation is 3. The third-order valence-corrected chi connectivity index (χ3v) is 5.04. The molecule has 0 bridgehead atoms. The second-order valence-electron chi connectivity index (χ2n) is 6.83. The monoisotopic (exact) mass is 418 g/mol. The number of ether oxygens (including phenoxy) is 3.